The molecule has 3 nitrogen and oxygen atoms in total. The van der Waals surface area contributed by atoms with E-state index in [2.05, 4.69) is 24.1 Å². The van der Waals surface area contributed by atoms with Crippen molar-refractivity contribution in [1.29, 1.82) is 0 Å². The number of aryl methyl sites for hydroxylation is 1. The van der Waals surface area contributed by atoms with Gasteiger partial charge in [-0.25, -0.2) is 4.98 Å². The van der Waals surface area contributed by atoms with Crippen LogP contribution >= 0.6 is 11.3 Å². The lowest BCUT2D eigenvalue weighted by molar-refractivity contribution is 0.113. The van der Waals surface area contributed by atoms with Crippen LogP contribution in [-0.4, -0.2) is 23.2 Å². The number of aromatic nitrogens is 1. The van der Waals surface area contributed by atoms with Gasteiger partial charge in [0.25, 0.3) is 0 Å². The summed E-state index contributed by atoms with van der Waals surface area (Å²) in [6, 6.07) is 0. The van der Waals surface area contributed by atoms with Crippen molar-refractivity contribution < 1.29 is 5.11 Å². The quantitative estimate of drug-likeness (QED) is 0.771. The minimum atomic E-state index is 0.0403. The predicted molar refractivity (Wildman–Crippen MR) is 68.7 cm³/mol. The van der Waals surface area contributed by atoms with E-state index in [0.29, 0.717) is 0 Å². The molecule has 0 aliphatic heterocycles. The number of hydrogen-bond acceptors (Lipinski definition) is 4. The molecule has 0 amide bonds. The van der Waals surface area contributed by atoms with Gasteiger partial charge in [0.05, 0.1) is 11.2 Å². The zero-order valence-electron chi connectivity index (χ0n) is 10.4. The van der Waals surface area contributed by atoms with Crippen molar-refractivity contribution in [3.63, 3.8) is 0 Å². The molecule has 0 unspecified atom stereocenters. The summed E-state index contributed by atoms with van der Waals surface area (Å²) < 4.78 is 0. The maximum Gasteiger partial charge on any atom is 0.0798 e. The molecular weight excluding hydrogens is 220 g/mol. The summed E-state index contributed by atoms with van der Waals surface area (Å²) in [6.45, 7) is 8.30. The Kier molecular flexibility index (Phi) is 5.38. The predicted octanol–water partition coefficient (Wildman–Crippen LogP) is 2.34. The first-order valence-corrected chi connectivity index (χ1v) is 6.76. The smallest absolute Gasteiger partial charge is 0.0798 e. The number of aliphatic hydroxyl groups excluding tert-OH is 1. The molecule has 0 atom stereocenters. The highest BCUT2D eigenvalue weighted by Gasteiger charge is 2.24. The second kappa shape index (κ2) is 6.33. The summed E-state index contributed by atoms with van der Waals surface area (Å²) in [5.74, 6) is 0. The van der Waals surface area contributed by atoms with Crippen LogP contribution in [0.1, 0.15) is 37.3 Å². The lowest BCUT2D eigenvalue weighted by atomic mass is 9.83. The van der Waals surface area contributed by atoms with Crippen molar-refractivity contribution in [3.8, 4) is 0 Å². The summed E-state index contributed by atoms with van der Waals surface area (Å²) in [5.41, 5.74) is 3.03. The number of hydrogen-bond donors (Lipinski definition) is 2. The average molecular weight is 242 g/mol. The van der Waals surface area contributed by atoms with Gasteiger partial charge in [-0.05, 0) is 19.8 Å². The first-order chi connectivity index (χ1) is 7.67. The highest BCUT2D eigenvalue weighted by Crippen LogP contribution is 2.24. The Labute approximate surface area is 102 Å². The second-order valence-corrected chi connectivity index (χ2v) is 5.27. The van der Waals surface area contributed by atoms with E-state index in [1.54, 1.807) is 11.3 Å². The average Bonchev–Trinajstić information content (AvgIpc) is 2.71. The lowest BCUT2D eigenvalue weighted by Gasteiger charge is -2.29. The van der Waals surface area contributed by atoms with Crippen molar-refractivity contribution in [1.82, 2.24) is 10.3 Å². The van der Waals surface area contributed by atoms with E-state index in [0.717, 1.165) is 31.6 Å². The second-order valence-electron chi connectivity index (χ2n) is 4.33. The van der Waals surface area contributed by atoms with Gasteiger partial charge in [0.1, 0.15) is 0 Å². The van der Waals surface area contributed by atoms with Crippen LogP contribution in [0.15, 0.2) is 5.51 Å². The van der Waals surface area contributed by atoms with Crippen LogP contribution in [-0.2, 0) is 6.54 Å². The molecule has 4 heteroatoms. The molecule has 0 radical (unpaired) electrons. The third-order valence-electron chi connectivity index (χ3n) is 3.47. The Balaban J connectivity index is 2.42. The third-order valence-corrected chi connectivity index (χ3v) is 4.40. The first kappa shape index (κ1) is 13.6. The van der Waals surface area contributed by atoms with Gasteiger partial charge in [-0.15, -0.1) is 11.3 Å². The van der Waals surface area contributed by atoms with Gasteiger partial charge in [0.2, 0.25) is 0 Å². The van der Waals surface area contributed by atoms with Crippen molar-refractivity contribution in [2.45, 2.75) is 40.2 Å². The van der Waals surface area contributed by atoms with Crippen LogP contribution in [0.2, 0.25) is 0 Å². The molecule has 0 aromatic carbocycles. The van der Waals surface area contributed by atoms with Crippen molar-refractivity contribution in [3.05, 3.63) is 16.1 Å². The van der Waals surface area contributed by atoms with Gasteiger partial charge in [0.15, 0.2) is 0 Å². The topological polar surface area (TPSA) is 45.1 Å². The third kappa shape index (κ3) is 3.27. The molecule has 0 aliphatic carbocycles. The Morgan fingerprint density at radius 3 is 2.56 bits per heavy atom. The molecule has 0 bridgehead atoms. The molecule has 1 aromatic rings. The van der Waals surface area contributed by atoms with Crippen molar-refractivity contribution in [2.75, 3.05) is 13.2 Å². The lowest BCUT2D eigenvalue weighted by Crippen LogP contribution is -2.36. The van der Waals surface area contributed by atoms with E-state index in [4.69, 9.17) is 0 Å². The number of nitrogens with one attached hydrogen (secondary N) is 1. The van der Waals surface area contributed by atoms with E-state index in [-0.39, 0.29) is 12.0 Å². The molecule has 1 aromatic heterocycles. The minimum absolute atomic E-state index is 0.0403. The Morgan fingerprint density at radius 2 is 2.12 bits per heavy atom. The van der Waals surface area contributed by atoms with Gasteiger partial charge < -0.3 is 10.4 Å². The molecule has 1 heterocycles. The van der Waals surface area contributed by atoms with Crippen LogP contribution in [0.25, 0.3) is 0 Å². The Bertz CT molecular complexity index is 299. The largest absolute Gasteiger partial charge is 0.396 e. The van der Waals surface area contributed by atoms with E-state index in [1.165, 1.54) is 4.88 Å². The molecule has 0 saturated heterocycles. The van der Waals surface area contributed by atoms with Gasteiger partial charge in [-0.3, -0.25) is 0 Å². The Morgan fingerprint density at radius 1 is 1.44 bits per heavy atom. The SMILES string of the molecule is CCC(CC)(CO)CNCc1scnc1C. The zero-order chi connectivity index (χ0) is 12.0. The summed E-state index contributed by atoms with van der Waals surface area (Å²) >= 11 is 1.69. The van der Waals surface area contributed by atoms with Crippen LogP contribution in [0, 0.1) is 12.3 Å². The Hall–Kier alpha value is -0.450. The number of nitrogens with zero attached hydrogens (tertiary/aromatic N) is 1. The summed E-state index contributed by atoms with van der Waals surface area (Å²) in [7, 11) is 0. The molecule has 16 heavy (non-hydrogen) atoms. The molecule has 92 valence electrons. The normalized spacial score (nSPS) is 12.0. The van der Waals surface area contributed by atoms with Gasteiger partial charge in [0, 0.05) is 30.0 Å². The van der Waals surface area contributed by atoms with Crippen LogP contribution in [0.5, 0.6) is 0 Å². The molecule has 2 N–H and O–H groups in total. The van der Waals surface area contributed by atoms with E-state index in [1.807, 2.05) is 12.4 Å². The molecular formula is C12H22N2OS. The minimum Gasteiger partial charge on any atom is -0.396 e. The summed E-state index contributed by atoms with van der Waals surface area (Å²) in [6.07, 6.45) is 2.02. The van der Waals surface area contributed by atoms with E-state index >= 15 is 0 Å². The summed E-state index contributed by atoms with van der Waals surface area (Å²) in [4.78, 5) is 5.51. The van der Waals surface area contributed by atoms with Gasteiger partial charge in [-0.2, -0.15) is 0 Å². The van der Waals surface area contributed by atoms with Crippen LogP contribution in [0.3, 0.4) is 0 Å². The fourth-order valence-corrected chi connectivity index (χ4v) is 2.46. The summed E-state index contributed by atoms with van der Waals surface area (Å²) in [5, 5.41) is 12.9. The van der Waals surface area contributed by atoms with E-state index in [9.17, 15) is 5.11 Å². The molecule has 0 aliphatic rings. The molecule has 0 saturated carbocycles. The van der Waals surface area contributed by atoms with Crippen molar-refractivity contribution in [2.24, 2.45) is 5.41 Å². The standard InChI is InChI=1S/C12H22N2OS/c1-4-12(5-2,8-15)7-13-6-11-10(3)14-9-16-11/h9,13,15H,4-8H2,1-3H3. The van der Waals surface area contributed by atoms with Gasteiger partial charge in [-0.1, -0.05) is 13.8 Å². The molecule has 0 spiro atoms. The van der Waals surface area contributed by atoms with Crippen molar-refractivity contribution >= 4 is 11.3 Å². The number of aliphatic hydroxyl groups is 1. The zero-order valence-corrected chi connectivity index (χ0v) is 11.2. The maximum atomic E-state index is 9.44. The monoisotopic (exact) mass is 242 g/mol. The van der Waals surface area contributed by atoms with Crippen LogP contribution < -0.4 is 5.32 Å². The fourth-order valence-electron chi connectivity index (χ4n) is 1.72. The maximum absolute atomic E-state index is 9.44. The fraction of sp³-hybridized carbons (Fsp3) is 0.750. The number of thiazole rings is 1. The van der Waals surface area contributed by atoms with Crippen LogP contribution in [0.4, 0.5) is 0 Å². The number of rotatable bonds is 7. The highest BCUT2D eigenvalue weighted by molar-refractivity contribution is 7.09. The highest BCUT2D eigenvalue weighted by atomic mass is 32.1. The van der Waals surface area contributed by atoms with Gasteiger partial charge >= 0.3 is 0 Å². The molecule has 1 rings (SSSR count). The first-order valence-electron chi connectivity index (χ1n) is 5.88. The van der Waals surface area contributed by atoms with E-state index < -0.39 is 0 Å². The molecule has 0 fully saturated rings.